The van der Waals surface area contributed by atoms with Gasteiger partial charge in [-0.2, -0.15) is 0 Å². The van der Waals surface area contributed by atoms with Gasteiger partial charge in [0.15, 0.2) is 0 Å². The molecule has 7 heteroatoms. The van der Waals surface area contributed by atoms with Gasteiger partial charge in [0.2, 0.25) is 0 Å². The molecule has 0 fully saturated rings. The van der Waals surface area contributed by atoms with Crippen molar-refractivity contribution in [3.63, 3.8) is 0 Å². The third kappa shape index (κ3) is 2.50. The zero-order valence-electron chi connectivity index (χ0n) is 5.89. The molecule has 0 amide bonds. The summed E-state index contributed by atoms with van der Waals surface area (Å²) in [4.78, 5) is -0.841. The normalized spacial score (nSPS) is 11.7. The first-order valence-corrected chi connectivity index (χ1v) is 6.30. The summed E-state index contributed by atoms with van der Waals surface area (Å²) in [6.07, 6.45) is 0. The average Bonchev–Trinajstić information content (AvgIpc) is 1.94. The van der Waals surface area contributed by atoms with Crippen LogP contribution in [0.2, 0.25) is 0 Å². The Morgan fingerprint density at radius 3 is 2.23 bits per heavy atom. The molecule has 1 rings (SSSR count). The van der Waals surface area contributed by atoms with Crippen LogP contribution in [-0.4, -0.2) is 8.42 Å². The van der Waals surface area contributed by atoms with Crippen LogP contribution in [0.25, 0.3) is 0 Å². The highest BCUT2D eigenvalue weighted by Gasteiger charge is 2.18. The van der Waals surface area contributed by atoms with E-state index >= 15 is 0 Å². The largest absolute Gasteiger partial charge is 0.264 e. The van der Waals surface area contributed by atoms with Crippen molar-refractivity contribution in [1.29, 1.82) is 0 Å². The quantitative estimate of drug-likeness (QED) is 0.448. The van der Waals surface area contributed by atoms with Gasteiger partial charge in [0.05, 0.1) is 3.57 Å². The van der Waals surface area contributed by atoms with Crippen LogP contribution in [0.1, 0.15) is 0 Å². The lowest BCUT2D eigenvalue weighted by molar-refractivity contribution is 0.555. The molecule has 1 aromatic rings. The molecule has 0 atom stereocenters. The first kappa shape index (κ1) is 11.1. The molecular weight excluding hydrogens is 336 g/mol. The Morgan fingerprint density at radius 2 is 1.77 bits per heavy atom. The highest BCUT2D eigenvalue weighted by molar-refractivity contribution is 14.1. The van der Waals surface area contributed by atoms with Crippen molar-refractivity contribution in [2.45, 2.75) is 4.90 Å². The van der Waals surface area contributed by atoms with Crippen molar-refractivity contribution >= 4 is 42.3 Å². The Bertz CT molecular complexity index is 446. The molecule has 2 nitrogen and oxygen atoms in total. The molecule has 0 aliphatic heterocycles. The lowest BCUT2D eigenvalue weighted by atomic mass is 10.3. The van der Waals surface area contributed by atoms with Crippen molar-refractivity contribution in [2.75, 3.05) is 0 Å². The van der Waals surface area contributed by atoms with Gasteiger partial charge in [-0.25, -0.2) is 17.2 Å². The molecule has 0 saturated carbocycles. The molecule has 0 aromatic heterocycles. The van der Waals surface area contributed by atoms with E-state index in [1.165, 1.54) is 0 Å². The summed E-state index contributed by atoms with van der Waals surface area (Å²) < 4.78 is 47.0. The second kappa shape index (κ2) is 3.66. The smallest absolute Gasteiger partial charge is 0.207 e. The van der Waals surface area contributed by atoms with E-state index in [0.717, 1.165) is 6.07 Å². The molecule has 0 bridgehead atoms. The second-order valence-electron chi connectivity index (χ2n) is 2.13. The Hall–Kier alpha value is 0.0500. The fraction of sp³-hybridized carbons (Fsp3) is 0. The molecule has 0 unspecified atom stereocenters. The molecule has 0 saturated heterocycles. The van der Waals surface area contributed by atoms with E-state index in [2.05, 4.69) is 0 Å². The zero-order chi connectivity index (χ0) is 10.2. The van der Waals surface area contributed by atoms with Gasteiger partial charge in [0.25, 0.3) is 9.05 Å². The van der Waals surface area contributed by atoms with Crippen LogP contribution in [-0.2, 0) is 9.05 Å². The fourth-order valence-electron chi connectivity index (χ4n) is 0.691. The third-order valence-electron chi connectivity index (χ3n) is 1.24. The number of benzene rings is 1. The molecule has 13 heavy (non-hydrogen) atoms. The van der Waals surface area contributed by atoms with Gasteiger partial charge >= 0.3 is 0 Å². The van der Waals surface area contributed by atoms with E-state index in [1.807, 2.05) is 0 Å². The maximum absolute atomic E-state index is 12.9. The Kier molecular flexibility index (Phi) is 3.13. The number of hydrogen-bond donors (Lipinski definition) is 0. The van der Waals surface area contributed by atoms with E-state index in [1.54, 1.807) is 22.6 Å². The maximum atomic E-state index is 12.9. The van der Waals surface area contributed by atoms with Crippen LogP contribution in [0.15, 0.2) is 17.0 Å². The molecule has 0 N–H and O–H groups in total. The van der Waals surface area contributed by atoms with Gasteiger partial charge < -0.3 is 0 Å². The Labute approximate surface area is 91.5 Å². The average molecular weight is 338 g/mol. The van der Waals surface area contributed by atoms with Crippen LogP contribution < -0.4 is 0 Å². The predicted molar refractivity (Wildman–Crippen MR) is 52.1 cm³/mol. The summed E-state index contributed by atoms with van der Waals surface area (Å²) >= 11 is 1.54. The molecule has 0 spiro atoms. The summed E-state index contributed by atoms with van der Waals surface area (Å²) in [5, 5.41) is 0. The lowest BCUT2D eigenvalue weighted by Gasteiger charge is -2.00. The molecule has 0 aliphatic rings. The zero-order valence-corrected chi connectivity index (χ0v) is 9.62. The van der Waals surface area contributed by atoms with Gasteiger partial charge in [-0.3, -0.25) is 0 Å². The summed E-state index contributed by atoms with van der Waals surface area (Å²) in [5.74, 6) is -1.87. The van der Waals surface area contributed by atoms with Gasteiger partial charge in [0, 0.05) is 10.7 Å². The van der Waals surface area contributed by atoms with Crippen LogP contribution in [0.3, 0.4) is 0 Å². The van der Waals surface area contributed by atoms with Crippen molar-refractivity contribution < 1.29 is 17.2 Å². The van der Waals surface area contributed by atoms with Gasteiger partial charge in [0.1, 0.15) is 16.5 Å². The molecule has 72 valence electrons. The van der Waals surface area contributed by atoms with Crippen LogP contribution in [0.5, 0.6) is 0 Å². The van der Waals surface area contributed by atoms with Crippen molar-refractivity contribution in [1.82, 2.24) is 0 Å². The first-order chi connectivity index (χ1) is 5.82. The topological polar surface area (TPSA) is 34.1 Å². The summed E-state index contributed by atoms with van der Waals surface area (Å²) in [6.45, 7) is 0. The maximum Gasteiger partial charge on any atom is 0.264 e. The number of hydrogen-bond acceptors (Lipinski definition) is 2. The predicted octanol–water partition coefficient (Wildman–Crippen LogP) is 2.50. The monoisotopic (exact) mass is 338 g/mol. The van der Waals surface area contributed by atoms with E-state index < -0.39 is 25.6 Å². The molecule has 0 heterocycles. The van der Waals surface area contributed by atoms with Crippen molar-refractivity contribution in [3.8, 4) is 0 Å². The van der Waals surface area contributed by atoms with Crippen LogP contribution >= 0.6 is 33.3 Å². The molecule has 0 radical (unpaired) electrons. The SMILES string of the molecule is O=S(=O)(Cl)c1cc(F)c(I)cc1F. The highest BCUT2D eigenvalue weighted by Crippen LogP contribution is 2.23. The summed E-state index contributed by atoms with van der Waals surface area (Å²) in [5.41, 5.74) is 0. The minimum atomic E-state index is -4.22. The second-order valence-corrected chi connectivity index (χ2v) is 5.83. The van der Waals surface area contributed by atoms with E-state index in [0.29, 0.717) is 6.07 Å². The van der Waals surface area contributed by atoms with Crippen LogP contribution in [0, 0.1) is 15.2 Å². The van der Waals surface area contributed by atoms with E-state index in [9.17, 15) is 17.2 Å². The van der Waals surface area contributed by atoms with Crippen molar-refractivity contribution in [3.05, 3.63) is 27.3 Å². The van der Waals surface area contributed by atoms with E-state index in [-0.39, 0.29) is 3.57 Å². The number of rotatable bonds is 1. The lowest BCUT2D eigenvalue weighted by Crippen LogP contribution is -1.98. The first-order valence-electron chi connectivity index (χ1n) is 2.91. The minimum absolute atomic E-state index is 0.000772. The van der Waals surface area contributed by atoms with Crippen molar-refractivity contribution in [2.24, 2.45) is 0 Å². The van der Waals surface area contributed by atoms with Gasteiger partial charge in [-0.1, -0.05) is 0 Å². The summed E-state index contributed by atoms with van der Waals surface area (Å²) in [6, 6.07) is 1.32. The van der Waals surface area contributed by atoms with Gasteiger partial charge in [-0.15, -0.1) is 0 Å². The Balaban J connectivity index is 3.50. The summed E-state index contributed by atoms with van der Waals surface area (Å²) in [7, 11) is 0.632. The van der Waals surface area contributed by atoms with Gasteiger partial charge in [-0.05, 0) is 34.7 Å². The minimum Gasteiger partial charge on any atom is -0.207 e. The van der Waals surface area contributed by atoms with Crippen LogP contribution in [0.4, 0.5) is 8.78 Å². The van der Waals surface area contributed by atoms with E-state index in [4.69, 9.17) is 10.7 Å². The Morgan fingerprint density at radius 1 is 1.23 bits per heavy atom. The molecule has 1 aromatic carbocycles. The molecular formula is C6H2ClF2IO2S. The third-order valence-corrected chi connectivity index (χ3v) is 3.40. The fourth-order valence-corrected chi connectivity index (χ4v) is 2.01. The standard InChI is InChI=1S/C6H2ClF2IO2S/c7-13(11,12)6-2-3(8)5(10)1-4(6)9/h1-2H. The molecule has 0 aliphatic carbocycles. The highest BCUT2D eigenvalue weighted by atomic mass is 127. The number of halogens is 4.